The summed E-state index contributed by atoms with van der Waals surface area (Å²) in [5, 5.41) is 1.36. The van der Waals surface area contributed by atoms with Crippen LogP contribution in [-0.2, 0) is 20.0 Å². The van der Waals surface area contributed by atoms with Gasteiger partial charge in [-0.05, 0) is 49.4 Å². The molecule has 0 radical (unpaired) electrons. The number of hydrogen-bond donors (Lipinski definition) is 0. The topological polar surface area (TPSA) is 21.1 Å². The summed E-state index contributed by atoms with van der Waals surface area (Å²) in [6, 6.07) is 8.41. The highest BCUT2D eigenvalue weighted by molar-refractivity contribution is 5.91. The first-order valence-electron chi connectivity index (χ1n) is 8.35. The van der Waals surface area contributed by atoms with Gasteiger partial charge in [-0.25, -0.2) is 0 Å². The van der Waals surface area contributed by atoms with Crippen LogP contribution >= 0.6 is 0 Å². The first kappa shape index (κ1) is 15.0. The van der Waals surface area contributed by atoms with Crippen LogP contribution in [0.15, 0.2) is 36.7 Å². The van der Waals surface area contributed by atoms with Gasteiger partial charge in [0, 0.05) is 61.2 Å². The minimum atomic E-state index is 0.998. The highest BCUT2D eigenvalue weighted by atomic mass is 15.1. The summed E-state index contributed by atoms with van der Waals surface area (Å²) >= 11 is 0. The van der Waals surface area contributed by atoms with E-state index in [1.165, 1.54) is 27.7 Å². The van der Waals surface area contributed by atoms with Gasteiger partial charge in [0.15, 0.2) is 0 Å². The molecule has 0 spiro atoms. The molecule has 0 aliphatic carbocycles. The number of rotatable bonds is 0. The highest BCUT2D eigenvalue weighted by Gasteiger charge is 2.22. The molecule has 0 bridgehead atoms. The number of hydrogen-bond acceptors (Lipinski definition) is 2. The molecule has 0 unspecified atom stereocenters. The predicted octanol–water partition coefficient (Wildman–Crippen LogP) is 3.27. The molecule has 1 aliphatic heterocycles. The molecule has 0 fully saturated rings. The third kappa shape index (κ3) is 2.50. The summed E-state index contributed by atoms with van der Waals surface area (Å²) in [6.07, 6.45) is 4.67. The van der Waals surface area contributed by atoms with Crippen molar-refractivity contribution in [3.8, 4) is 11.8 Å². The van der Waals surface area contributed by atoms with Crippen LogP contribution in [0.3, 0.4) is 0 Å². The average Bonchev–Trinajstić information content (AvgIpc) is 2.86. The normalized spacial score (nSPS) is 14.3. The van der Waals surface area contributed by atoms with Crippen molar-refractivity contribution in [3.05, 3.63) is 64.6 Å². The van der Waals surface area contributed by atoms with E-state index in [1.54, 1.807) is 12.4 Å². The molecule has 1 aliphatic rings. The zero-order valence-corrected chi connectivity index (χ0v) is 14.4. The second-order valence-electron chi connectivity index (χ2n) is 6.67. The fourth-order valence-electron chi connectivity index (χ4n) is 3.67. The number of benzene rings is 1. The molecule has 1 aromatic carbocycles. The number of aromatic nitrogens is 2. The predicted molar refractivity (Wildman–Crippen MR) is 97.9 cm³/mol. The molecular weight excluding hydrogens is 294 g/mol. The lowest BCUT2D eigenvalue weighted by molar-refractivity contribution is 0.310. The zero-order chi connectivity index (χ0) is 16.7. The second kappa shape index (κ2) is 5.81. The smallest absolute Gasteiger partial charge is 0.0642 e. The van der Waals surface area contributed by atoms with Crippen LogP contribution in [0.5, 0.6) is 0 Å². The maximum atomic E-state index is 4.05. The number of aryl methyl sites for hydroxylation is 2. The summed E-state index contributed by atoms with van der Waals surface area (Å²) in [4.78, 5) is 6.45. The maximum absolute atomic E-state index is 4.05. The van der Waals surface area contributed by atoms with E-state index in [0.717, 1.165) is 30.6 Å². The van der Waals surface area contributed by atoms with Gasteiger partial charge >= 0.3 is 0 Å². The van der Waals surface area contributed by atoms with Crippen molar-refractivity contribution >= 4 is 10.9 Å². The van der Waals surface area contributed by atoms with E-state index < -0.39 is 0 Å². The number of likely N-dealkylation sites (N-methyl/N-ethyl adjacent to an activating group) is 1. The Morgan fingerprint density at radius 1 is 1.08 bits per heavy atom. The first-order chi connectivity index (χ1) is 11.6. The van der Waals surface area contributed by atoms with Gasteiger partial charge in [0.1, 0.15) is 0 Å². The Hall–Kier alpha value is -2.57. The third-order valence-electron chi connectivity index (χ3n) is 4.85. The van der Waals surface area contributed by atoms with Crippen molar-refractivity contribution in [1.82, 2.24) is 14.5 Å². The van der Waals surface area contributed by atoms with E-state index in [-0.39, 0.29) is 0 Å². The Balaban J connectivity index is 1.92. The lowest BCUT2D eigenvalue weighted by Crippen LogP contribution is -2.26. The van der Waals surface area contributed by atoms with E-state index in [4.69, 9.17) is 0 Å². The van der Waals surface area contributed by atoms with Crippen molar-refractivity contribution in [2.24, 2.45) is 7.05 Å². The van der Waals surface area contributed by atoms with Gasteiger partial charge in [0.2, 0.25) is 0 Å². The summed E-state index contributed by atoms with van der Waals surface area (Å²) < 4.78 is 2.35. The molecule has 3 nitrogen and oxygen atoms in total. The van der Waals surface area contributed by atoms with Crippen molar-refractivity contribution < 1.29 is 0 Å². The highest BCUT2D eigenvalue weighted by Crippen LogP contribution is 2.32. The van der Waals surface area contributed by atoms with Crippen molar-refractivity contribution in [2.75, 3.05) is 13.6 Å². The van der Waals surface area contributed by atoms with Gasteiger partial charge in [-0.15, -0.1) is 0 Å². The van der Waals surface area contributed by atoms with Crippen LogP contribution < -0.4 is 0 Å². The average molecular weight is 315 g/mol. The van der Waals surface area contributed by atoms with Gasteiger partial charge in [0.25, 0.3) is 0 Å². The van der Waals surface area contributed by atoms with Gasteiger partial charge in [-0.1, -0.05) is 11.8 Å². The van der Waals surface area contributed by atoms with E-state index in [9.17, 15) is 0 Å². The van der Waals surface area contributed by atoms with Crippen LogP contribution in [-0.4, -0.2) is 28.0 Å². The minimum absolute atomic E-state index is 0.998. The molecule has 0 atom stereocenters. The molecule has 0 amide bonds. The molecule has 0 N–H and O–H groups in total. The molecule has 3 heteroatoms. The molecule has 120 valence electrons. The number of nitrogens with zero attached hydrogens (tertiary/aromatic N) is 3. The van der Waals surface area contributed by atoms with Crippen LogP contribution in [0.4, 0.5) is 0 Å². The summed E-state index contributed by atoms with van der Waals surface area (Å²) in [5.74, 6) is 6.68. The molecule has 2 aromatic heterocycles. The van der Waals surface area contributed by atoms with Crippen LogP contribution in [0.1, 0.15) is 27.9 Å². The summed E-state index contributed by atoms with van der Waals surface area (Å²) in [6.45, 7) is 4.30. The Labute approximate surface area is 142 Å². The fourth-order valence-corrected chi connectivity index (χ4v) is 3.67. The van der Waals surface area contributed by atoms with E-state index in [2.05, 4.69) is 59.4 Å². The van der Waals surface area contributed by atoms with E-state index in [1.807, 2.05) is 12.1 Å². The largest absolute Gasteiger partial charge is 0.346 e. The number of pyridine rings is 1. The fraction of sp³-hybridized carbons (Fsp3) is 0.286. The first-order valence-corrected chi connectivity index (χ1v) is 8.35. The third-order valence-corrected chi connectivity index (χ3v) is 4.85. The van der Waals surface area contributed by atoms with Gasteiger partial charge in [-0.2, -0.15) is 0 Å². The Bertz CT molecular complexity index is 971. The van der Waals surface area contributed by atoms with Crippen LogP contribution in [0.25, 0.3) is 10.9 Å². The molecule has 0 saturated heterocycles. The lowest BCUT2D eigenvalue weighted by atomic mass is 10.0. The van der Waals surface area contributed by atoms with Crippen molar-refractivity contribution in [2.45, 2.75) is 19.9 Å². The van der Waals surface area contributed by atoms with Crippen molar-refractivity contribution in [3.63, 3.8) is 0 Å². The van der Waals surface area contributed by atoms with E-state index in [0.29, 0.717) is 0 Å². The molecular formula is C21H21N3. The van der Waals surface area contributed by atoms with Crippen LogP contribution in [0, 0.1) is 18.8 Å². The molecule has 3 aromatic rings. The standard InChI is InChI=1S/C21H21N3/c1-15-12-17(5-4-16-6-9-22-10-7-16)21-18(13-15)19-14-23(2)11-8-20(19)24(21)3/h6-7,9-10,12-13H,8,11,14H2,1-3H3. The van der Waals surface area contributed by atoms with Gasteiger partial charge in [-0.3, -0.25) is 4.98 Å². The lowest BCUT2D eigenvalue weighted by Gasteiger charge is -2.23. The summed E-state index contributed by atoms with van der Waals surface area (Å²) in [5.41, 5.74) is 7.57. The van der Waals surface area contributed by atoms with Crippen molar-refractivity contribution in [1.29, 1.82) is 0 Å². The molecule has 3 heterocycles. The minimum Gasteiger partial charge on any atom is -0.346 e. The van der Waals surface area contributed by atoms with E-state index >= 15 is 0 Å². The Morgan fingerprint density at radius 3 is 2.67 bits per heavy atom. The second-order valence-corrected chi connectivity index (χ2v) is 6.67. The molecule has 0 saturated carbocycles. The number of fused-ring (bicyclic) bond motifs is 3. The maximum Gasteiger partial charge on any atom is 0.0642 e. The van der Waals surface area contributed by atoms with Gasteiger partial charge < -0.3 is 9.47 Å². The molecule has 24 heavy (non-hydrogen) atoms. The summed E-state index contributed by atoms with van der Waals surface area (Å²) in [7, 11) is 4.38. The SMILES string of the molecule is Cc1cc(C#Cc2ccncc2)c2c(c1)c1c(n2C)CCN(C)C1. The van der Waals surface area contributed by atoms with Crippen LogP contribution in [0.2, 0.25) is 0 Å². The molecule has 4 rings (SSSR count). The monoisotopic (exact) mass is 315 g/mol. The Kier molecular flexibility index (Phi) is 3.63. The zero-order valence-electron chi connectivity index (χ0n) is 14.4. The van der Waals surface area contributed by atoms with Gasteiger partial charge in [0.05, 0.1) is 5.52 Å². The quantitative estimate of drug-likeness (QED) is 0.594. The Morgan fingerprint density at radius 2 is 1.88 bits per heavy atom.